The third kappa shape index (κ3) is 4.96. The van der Waals surface area contributed by atoms with E-state index in [4.69, 9.17) is 4.84 Å². The molecule has 1 amide bonds. The van der Waals surface area contributed by atoms with Crippen LogP contribution in [0.3, 0.4) is 0 Å². The van der Waals surface area contributed by atoms with Crippen molar-refractivity contribution in [1.29, 1.82) is 0 Å². The first-order valence-corrected chi connectivity index (χ1v) is 12.4. The molecule has 1 aliphatic rings. The molecular weight excluding hydrogens is 450 g/mol. The minimum atomic E-state index is -0.300. The van der Waals surface area contributed by atoms with Crippen molar-refractivity contribution in [3.8, 4) is 11.1 Å². The average Bonchev–Trinajstić information content (AvgIpc) is 2.91. The van der Waals surface area contributed by atoms with Gasteiger partial charge in [0.1, 0.15) is 0 Å². The third-order valence-corrected chi connectivity index (χ3v) is 7.13. The number of nitrogens with one attached hydrogen (secondary N) is 2. The van der Waals surface area contributed by atoms with Gasteiger partial charge in [0.05, 0.1) is 13.7 Å². The summed E-state index contributed by atoms with van der Waals surface area (Å²) in [5.74, 6) is 0.322. The molecule has 1 aliphatic heterocycles. The molecule has 2 heterocycles. The number of fused-ring (bicyclic) bond motifs is 1. The summed E-state index contributed by atoms with van der Waals surface area (Å²) in [4.78, 5) is 30.2. The molecule has 6 nitrogen and oxygen atoms in total. The molecule has 2 N–H and O–H groups in total. The summed E-state index contributed by atoms with van der Waals surface area (Å²) in [6.07, 6.45) is 4.22. The Bertz CT molecular complexity index is 1450. The topological polar surface area (TPSA) is 72.4 Å². The van der Waals surface area contributed by atoms with E-state index in [0.29, 0.717) is 23.4 Å². The summed E-state index contributed by atoms with van der Waals surface area (Å²) < 4.78 is 1.77. The number of aryl methyl sites for hydroxylation is 1. The zero-order valence-electron chi connectivity index (χ0n) is 20.7. The monoisotopic (exact) mass is 481 g/mol. The summed E-state index contributed by atoms with van der Waals surface area (Å²) in [6, 6.07) is 22.1. The minimum Gasteiger partial charge on any atom is -0.317 e. The van der Waals surface area contributed by atoms with Crippen molar-refractivity contribution in [2.24, 2.45) is 0 Å². The number of carbonyl (C=O) groups is 1. The molecule has 0 aliphatic carbocycles. The first-order valence-electron chi connectivity index (χ1n) is 12.4. The van der Waals surface area contributed by atoms with Crippen LogP contribution in [0.4, 0.5) is 0 Å². The summed E-state index contributed by atoms with van der Waals surface area (Å²) in [5.41, 5.74) is 8.31. The van der Waals surface area contributed by atoms with Crippen molar-refractivity contribution in [3.63, 3.8) is 0 Å². The standard InChI is InChI=1S/C30H31N3O3/c1-20-3-6-26(29(34)32-36-2)18-28(20)24-9-10-27-25(17-24)13-16-33(30(27)35)19-21-4-7-22(8-5-21)23-11-14-31-15-12-23/h3-10,13,16-18,23,31H,11-12,14-15,19H2,1-2H3,(H,32,34). The van der Waals surface area contributed by atoms with Gasteiger partial charge in [-0.2, -0.15) is 0 Å². The number of piperidine rings is 1. The molecule has 0 radical (unpaired) electrons. The minimum absolute atomic E-state index is 0.00794. The van der Waals surface area contributed by atoms with E-state index >= 15 is 0 Å². The van der Waals surface area contributed by atoms with Gasteiger partial charge in [0.15, 0.2) is 0 Å². The van der Waals surface area contributed by atoms with Crippen molar-refractivity contribution in [3.05, 3.63) is 106 Å². The van der Waals surface area contributed by atoms with Crippen LogP contribution in [0.2, 0.25) is 0 Å². The predicted molar refractivity (Wildman–Crippen MR) is 143 cm³/mol. The van der Waals surface area contributed by atoms with Crippen molar-refractivity contribution < 1.29 is 9.63 Å². The summed E-state index contributed by atoms with van der Waals surface area (Å²) in [6.45, 7) is 4.70. The molecule has 4 aromatic rings. The number of pyridine rings is 1. The van der Waals surface area contributed by atoms with Gasteiger partial charge in [-0.3, -0.25) is 14.4 Å². The summed E-state index contributed by atoms with van der Waals surface area (Å²) in [7, 11) is 1.41. The Morgan fingerprint density at radius 1 is 1.03 bits per heavy atom. The number of hydroxylamine groups is 1. The lowest BCUT2D eigenvalue weighted by molar-refractivity contribution is 0.0537. The second-order valence-electron chi connectivity index (χ2n) is 9.48. The smallest absolute Gasteiger partial charge is 0.274 e. The second kappa shape index (κ2) is 10.5. The maximum atomic E-state index is 13.3. The Hall–Kier alpha value is -3.74. The number of benzene rings is 3. The van der Waals surface area contributed by atoms with Gasteiger partial charge in [-0.15, -0.1) is 0 Å². The number of hydrogen-bond acceptors (Lipinski definition) is 4. The van der Waals surface area contributed by atoms with E-state index in [1.165, 1.54) is 25.5 Å². The van der Waals surface area contributed by atoms with E-state index in [0.717, 1.165) is 40.7 Å². The Balaban J connectivity index is 1.40. The van der Waals surface area contributed by atoms with Crippen LogP contribution in [0.5, 0.6) is 0 Å². The van der Waals surface area contributed by atoms with E-state index in [1.54, 1.807) is 10.6 Å². The molecule has 184 valence electrons. The molecule has 1 fully saturated rings. The van der Waals surface area contributed by atoms with Gasteiger partial charge >= 0.3 is 0 Å². The van der Waals surface area contributed by atoms with Crippen LogP contribution < -0.4 is 16.4 Å². The predicted octanol–water partition coefficient (Wildman–Crippen LogP) is 4.78. The van der Waals surface area contributed by atoms with Gasteiger partial charge in [-0.1, -0.05) is 36.4 Å². The SMILES string of the molecule is CONC(=O)c1ccc(C)c(-c2ccc3c(=O)n(Cc4ccc(C5CCNCC5)cc4)ccc3c2)c1. The Labute approximate surface area is 210 Å². The molecule has 6 heteroatoms. The largest absolute Gasteiger partial charge is 0.317 e. The Morgan fingerprint density at radius 3 is 2.56 bits per heavy atom. The molecular formula is C30H31N3O3. The lowest BCUT2D eigenvalue weighted by Gasteiger charge is -2.23. The number of nitrogens with zero attached hydrogens (tertiary/aromatic N) is 1. The molecule has 0 bridgehead atoms. The molecule has 36 heavy (non-hydrogen) atoms. The van der Waals surface area contributed by atoms with Gasteiger partial charge in [-0.05, 0) is 102 Å². The molecule has 0 saturated carbocycles. The van der Waals surface area contributed by atoms with E-state index < -0.39 is 0 Å². The number of aromatic nitrogens is 1. The highest BCUT2D eigenvalue weighted by Gasteiger charge is 2.15. The molecule has 3 aromatic carbocycles. The van der Waals surface area contributed by atoms with Gasteiger partial charge in [-0.25, -0.2) is 5.48 Å². The Morgan fingerprint density at radius 2 is 1.81 bits per heavy atom. The lowest BCUT2D eigenvalue weighted by atomic mass is 9.90. The van der Waals surface area contributed by atoms with Gasteiger partial charge in [0.2, 0.25) is 0 Å². The van der Waals surface area contributed by atoms with E-state index in [-0.39, 0.29) is 11.5 Å². The van der Waals surface area contributed by atoms with Gasteiger partial charge in [0.25, 0.3) is 11.5 Å². The fourth-order valence-electron chi connectivity index (χ4n) is 5.05. The van der Waals surface area contributed by atoms with Crippen molar-refractivity contribution in [2.75, 3.05) is 20.2 Å². The molecule has 1 saturated heterocycles. The Kier molecular flexibility index (Phi) is 6.98. The summed E-state index contributed by atoms with van der Waals surface area (Å²) in [5, 5.41) is 4.97. The van der Waals surface area contributed by atoms with Crippen LogP contribution in [0.25, 0.3) is 21.9 Å². The van der Waals surface area contributed by atoms with Crippen molar-refractivity contribution in [1.82, 2.24) is 15.4 Å². The zero-order chi connectivity index (χ0) is 25.1. The highest BCUT2D eigenvalue weighted by molar-refractivity contribution is 5.95. The number of carbonyl (C=O) groups excluding carboxylic acids is 1. The van der Waals surface area contributed by atoms with Crippen LogP contribution in [0, 0.1) is 6.92 Å². The average molecular weight is 482 g/mol. The van der Waals surface area contributed by atoms with Crippen LogP contribution in [0.15, 0.2) is 77.7 Å². The highest BCUT2D eigenvalue weighted by Crippen LogP contribution is 2.28. The third-order valence-electron chi connectivity index (χ3n) is 7.13. The van der Waals surface area contributed by atoms with Crippen LogP contribution in [-0.4, -0.2) is 30.7 Å². The lowest BCUT2D eigenvalue weighted by Crippen LogP contribution is -2.26. The molecule has 0 atom stereocenters. The maximum absolute atomic E-state index is 13.3. The second-order valence-corrected chi connectivity index (χ2v) is 9.48. The van der Waals surface area contributed by atoms with E-state index in [1.807, 2.05) is 49.5 Å². The van der Waals surface area contributed by atoms with Crippen LogP contribution in [0.1, 0.15) is 45.8 Å². The normalized spacial score (nSPS) is 14.2. The number of rotatable bonds is 6. The first-order chi connectivity index (χ1) is 17.5. The van der Waals surface area contributed by atoms with Crippen molar-refractivity contribution >= 4 is 16.7 Å². The van der Waals surface area contributed by atoms with Crippen LogP contribution in [-0.2, 0) is 11.4 Å². The van der Waals surface area contributed by atoms with Crippen LogP contribution >= 0.6 is 0 Å². The van der Waals surface area contributed by atoms with Gasteiger partial charge in [0, 0.05) is 17.1 Å². The number of hydrogen-bond donors (Lipinski definition) is 2. The highest BCUT2D eigenvalue weighted by atomic mass is 16.6. The molecule has 5 rings (SSSR count). The fraction of sp³-hybridized carbons (Fsp3) is 0.267. The molecule has 1 aromatic heterocycles. The maximum Gasteiger partial charge on any atom is 0.274 e. The fourth-order valence-corrected chi connectivity index (χ4v) is 5.05. The zero-order valence-corrected chi connectivity index (χ0v) is 20.7. The van der Waals surface area contributed by atoms with Crippen molar-refractivity contribution in [2.45, 2.75) is 32.2 Å². The molecule has 0 unspecified atom stereocenters. The van der Waals surface area contributed by atoms with E-state index in [9.17, 15) is 9.59 Å². The molecule has 0 spiro atoms. The number of amides is 1. The summed E-state index contributed by atoms with van der Waals surface area (Å²) >= 11 is 0. The van der Waals surface area contributed by atoms with E-state index in [2.05, 4.69) is 35.1 Å². The first kappa shape index (κ1) is 24.0. The van der Waals surface area contributed by atoms with Gasteiger partial charge < -0.3 is 9.88 Å². The quantitative estimate of drug-likeness (QED) is 0.389.